The van der Waals surface area contributed by atoms with Crippen molar-refractivity contribution in [3.63, 3.8) is 0 Å². The number of hydrogen-bond acceptors (Lipinski definition) is 5. The molecule has 0 heterocycles. The predicted octanol–water partition coefficient (Wildman–Crippen LogP) is 21.4. The van der Waals surface area contributed by atoms with Crippen LogP contribution in [-0.2, 0) is 23.8 Å². The van der Waals surface area contributed by atoms with Crippen molar-refractivity contribution in [3.8, 4) is 0 Å². The molecule has 0 saturated carbocycles. The van der Waals surface area contributed by atoms with E-state index in [1.54, 1.807) is 0 Å². The third kappa shape index (κ3) is 57.2. The molecule has 0 unspecified atom stereocenters. The van der Waals surface area contributed by atoms with E-state index in [2.05, 4.69) is 32.9 Å². The summed E-state index contributed by atoms with van der Waals surface area (Å²) in [4.78, 5) is 25.6. The number of carbonyl (C=O) groups is 2. The van der Waals surface area contributed by atoms with Crippen LogP contribution in [0.3, 0.4) is 0 Å². The van der Waals surface area contributed by atoms with Crippen LogP contribution < -0.4 is 0 Å². The molecule has 0 bridgehead atoms. The normalized spacial score (nSPS) is 12.1. The van der Waals surface area contributed by atoms with E-state index in [9.17, 15) is 9.59 Å². The van der Waals surface area contributed by atoms with Crippen molar-refractivity contribution >= 4 is 11.9 Å². The Balaban J connectivity index is 4.20. The molecule has 0 aromatic rings. The highest BCUT2D eigenvalue weighted by Gasteiger charge is 2.18. The molecule has 0 rings (SSSR count). The monoisotopic (exact) mass is 959 g/mol. The fraction of sp³-hybridized carbons (Fsp3) is 0.937. The van der Waals surface area contributed by atoms with Crippen molar-refractivity contribution in [2.45, 2.75) is 361 Å². The first kappa shape index (κ1) is 66.6. The van der Waals surface area contributed by atoms with E-state index in [-0.39, 0.29) is 18.5 Å². The van der Waals surface area contributed by atoms with Gasteiger partial charge >= 0.3 is 11.9 Å². The van der Waals surface area contributed by atoms with Crippen LogP contribution in [0.4, 0.5) is 0 Å². The fourth-order valence-electron chi connectivity index (χ4n) is 9.63. The van der Waals surface area contributed by atoms with Crippen LogP contribution in [0.5, 0.6) is 0 Å². The summed E-state index contributed by atoms with van der Waals surface area (Å²) in [6.07, 6.45) is 71.0. The van der Waals surface area contributed by atoms with E-state index >= 15 is 0 Å². The Labute approximate surface area is 426 Å². The topological polar surface area (TPSA) is 61.8 Å². The van der Waals surface area contributed by atoms with Crippen LogP contribution in [0.1, 0.15) is 355 Å². The summed E-state index contributed by atoms with van der Waals surface area (Å²) in [6.45, 7) is 7.92. The summed E-state index contributed by atoms with van der Waals surface area (Å²) < 4.78 is 17.5. The van der Waals surface area contributed by atoms with Gasteiger partial charge in [-0.25, -0.2) is 0 Å². The first-order valence-electron chi connectivity index (χ1n) is 31.2. The molecule has 5 heteroatoms. The van der Waals surface area contributed by atoms with Crippen molar-refractivity contribution in [3.05, 3.63) is 12.2 Å². The summed E-state index contributed by atoms with van der Waals surface area (Å²) >= 11 is 0. The Morgan fingerprint density at radius 3 is 0.897 bits per heavy atom. The van der Waals surface area contributed by atoms with Gasteiger partial charge in [0.1, 0.15) is 6.61 Å². The number of allylic oxidation sites excluding steroid dienone is 2. The van der Waals surface area contributed by atoms with Gasteiger partial charge in [0, 0.05) is 19.4 Å². The van der Waals surface area contributed by atoms with Gasteiger partial charge < -0.3 is 14.2 Å². The second-order valence-corrected chi connectivity index (χ2v) is 21.3. The highest BCUT2D eigenvalue weighted by molar-refractivity contribution is 5.70. The maximum Gasteiger partial charge on any atom is 0.306 e. The molecule has 0 fully saturated rings. The lowest BCUT2D eigenvalue weighted by Gasteiger charge is -2.18. The lowest BCUT2D eigenvalue weighted by Crippen LogP contribution is -2.30. The van der Waals surface area contributed by atoms with Crippen molar-refractivity contribution in [1.29, 1.82) is 0 Å². The molecule has 5 nitrogen and oxygen atoms in total. The molecule has 0 spiro atoms. The molecule has 0 amide bonds. The van der Waals surface area contributed by atoms with E-state index < -0.39 is 6.10 Å². The van der Waals surface area contributed by atoms with Crippen LogP contribution >= 0.6 is 0 Å². The quantitative estimate of drug-likeness (QED) is 0.0345. The Hall–Kier alpha value is -1.36. The summed E-state index contributed by atoms with van der Waals surface area (Å²) in [7, 11) is 0. The summed E-state index contributed by atoms with van der Waals surface area (Å²) in [5, 5.41) is 0. The SMILES string of the molecule is CCCCCCCC/C=C\CCCCCCCCCC(=O)OC[C@@H](COCCCCCCCCCCCCCCCCCC)OC(=O)CCCCCCCCCCCCCCCCCCCCC. The van der Waals surface area contributed by atoms with Gasteiger partial charge in [-0.1, -0.05) is 309 Å². The number of esters is 2. The highest BCUT2D eigenvalue weighted by atomic mass is 16.6. The highest BCUT2D eigenvalue weighted by Crippen LogP contribution is 2.18. The molecular weight excluding hydrogens is 837 g/mol. The smallest absolute Gasteiger partial charge is 0.306 e. The minimum absolute atomic E-state index is 0.0934. The predicted molar refractivity (Wildman–Crippen MR) is 298 cm³/mol. The van der Waals surface area contributed by atoms with Gasteiger partial charge in [0.05, 0.1) is 6.61 Å². The van der Waals surface area contributed by atoms with Crippen molar-refractivity contribution in [2.24, 2.45) is 0 Å². The average Bonchev–Trinajstić information content (AvgIpc) is 3.34. The van der Waals surface area contributed by atoms with E-state index in [4.69, 9.17) is 14.2 Å². The van der Waals surface area contributed by atoms with Gasteiger partial charge in [-0.3, -0.25) is 9.59 Å². The number of hydrogen-bond donors (Lipinski definition) is 0. The minimum atomic E-state index is -0.529. The average molecular weight is 960 g/mol. The lowest BCUT2D eigenvalue weighted by atomic mass is 10.0. The molecule has 0 aromatic carbocycles. The molecule has 0 aromatic heterocycles. The molecule has 68 heavy (non-hydrogen) atoms. The second-order valence-electron chi connectivity index (χ2n) is 21.3. The molecular formula is C63H122O5. The van der Waals surface area contributed by atoms with Crippen LogP contribution in [-0.4, -0.2) is 37.9 Å². The molecule has 0 aliphatic carbocycles. The number of carbonyl (C=O) groups excluding carboxylic acids is 2. The maximum atomic E-state index is 12.9. The van der Waals surface area contributed by atoms with Gasteiger partial charge in [-0.15, -0.1) is 0 Å². The molecule has 0 saturated heterocycles. The standard InChI is InChI=1S/C63H122O5/c1-4-7-10-13-16-19-22-25-28-31-32-34-36-39-42-45-48-51-54-57-63(65)68-61(59-66-58-55-52-49-46-43-40-37-30-27-24-21-18-15-12-9-6-3)60-67-62(64)56-53-50-47-44-41-38-35-33-29-26-23-20-17-14-11-8-5-2/h26,29,61H,4-25,27-28,30-60H2,1-3H3/b29-26-/t61-/m1/s1. The van der Waals surface area contributed by atoms with Gasteiger partial charge in [0.15, 0.2) is 6.10 Å². The number of rotatable bonds is 59. The Bertz CT molecular complexity index is 994. The van der Waals surface area contributed by atoms with E-state index in [0.717, 1.165) is 32.1 Å². The van der Waals surface area contributed by atoms with Crippen LogP contribution in [0.25, 0.3) is 0 Å². The van der Waals surface area contributed by atoms with Crippen LogP contribution in [0.2, 0.25) is 0 Å². The first-order chi connectivity index (χ1) is 33.6. The van der Waals surface area contributed by atoms with Crippen LogP contribution in [0, 0.1) is 0 Å². The Morgan fingerprint density at radius 2 is 0.574 bits per heavy atom. The summed E-state index contributed by atoms with van der Waals surface area (Å²) in [5.74, 6) is -0.372. The summed E-state index contributed by atoms with van der Waals surface area (Å²) in [6, 6.07) is 0. The largest absolute Gasteiger partial charge is 0.462 e. The zero-order chi connectivity index (χ0) is 49.2. The maximum absolute atomic E-state index is 12.9. The van der Waals surface area contributed by atoms with Gasteiger partial charge in [0.2, 0.25) is 0 Å². The van der Waals surface area contributed by atoms with E-state index in [1.165, 1.54) is 289 Å². The van der Waals surface area contributed by atoms with Gasteiger partial charge in [-0.2, -0.15) is 0 Å². The van der Waals surface area contributed by atoms with Crippen LogP contribution in [0.15, 0.2) is 12.2 Å². The molecule has 0 N–H and O–H groups in total. The second kappa shape index (κ2) is 59.9. The molecule has 0 radical (unpaired) electrons. The van der Waals surface area contributed by atoms with Crippen molar-refractivity contribution in [1.82, 2.24) is 0 Å². The Kier molecular flexibility index (Phi) is 58.7. The molecule has 0 aliphatic rings. The van der Waals surface area contributed by atoms with Gasteiger partial charge in [0.25, 0.3) is 0 Å². The van der Waals surface area contributed by atoms with Crippen molar-refractivity contribution < 1.29 is 23.8 Å². The van der Waals surface area contributed by atoms with Crippen molar-refractivity contribution in [2.75, 3.05) is 19.8 Å². The van der Waals surface area contributed by atoms with Gasteiger partial charge in [-0.05, 0) is 44.9 Å². The lowest BCUT2D eigenvalue weighted by molar-refractivity contribution is -0.163. The number of unbranched alkanes of at least 4 members (excludes halogenated alkanes) is 46. The van der Waals surface area contributed by atoms with E-state index in [0.29, 0.717) is 26.1 Å². The molecule has 0 aliphatic heterocycles. The third-order valence-corrected chi connectivity index (χ3v) is 14.3. The number of ether oxygens (including phenoxy) is 3. The zero-order valence-electron chi connectivity index (χ0n) is 46.7. The third-order valence-electron chi connectivity index (χ3n) is 14.3. The Morgan fingerprint density at radius 1 is 0.309 bits per heavy atom. The first-order valence-corrected chi connectivity index (χ1v) is 31.2. The zero-order valence-corrected chi connectivity index (χ0v) is 46.7. The molecule has 1 atom stereocenters. The summed E-state index contributed by atoms with van der Waals surface area (Å²) in [5.41, 5.74) is 0. The fourth-order valence-corrected chi connectivity index (χ4v) is 9.63. The minimum Gasteiger partial charge on any atom is -0.462 e. The van der Waals surface area contributed by atoms with E-state index in [1.807, 2.05) is 0 Å². The molecule has 404 valence electrons.